The Hall–Kier alpha value is -0.610. The van der Waals surface area contributed by atoms with Crippen molar-refractivity contribution in [2.24, 2.45) is 0 Å². The van der Waals surface area contributed by atoms with Crippen LogP contribution in [0, 0.1) is 0 Å². The molecule has 1 N–H and O–H groups in total. The van der Waals surface area contributed by atoms with Gasteiger partial charge in [-0.25, -0.2) is 0 Å². The number of nitrogens with zero attached hydrogens (tertiary/aromatic N) is 2. The third kappa shape index (κ3) is 3.18. The average molecular weight is 214 g/mol. The third-order valence-electron chi connectivity index (χ3n) is 3.36. The van der Waals surface area contributed by atoms with E-state index in [1.165, 1.54) is 0 Å². The Morgan fingerprint density at radius 1 is 1.47 bits per heavy atom. The molecule has 1 aliphatic rings. The van der Waals surface area contributed by atoms with E-state index in [2.05, 4.69) is 30.6 Å². The zero-order valence-electron chi connectivity index (χ0n) is 10.1. The summed E-state index contributed by atoms with van der Waals surface area (Å²) in [7, 11) is 2.02. The van der Waals surface area contributed by atoms with Gasteiger partial charge in [0.15, 0.2) is 0 Å². The maximum absolute atomic E-state index is 10.8. The monoisotopic (exact) mass is 214 g/mol. The fraction of sp³-hybridized carbons (Fsp3) is 0.909. The van der Waals surface area contributed by atoms with Gasteiger partial charge in [0.2, 0.25) is 0 Å². The molecular formula is C11H22N2O2. The summed E-state index contributed by atoms with van der Waals surface area (Å²) in [6.07, 6.45) is 0.240. The molecule has 1 aliphatic heterocycles. The number of aliphatic carboxylic acids is 1. The van der Waals surface area contributed by atoms with E-state index in [1.807, 2.05) is 7.05 Å². The van der Waals surface area contributed by atoms with Crippen molar-refractivity contribution >= 4 is 5.97 Å². The Balaban J connectivity index is 2.64. The van der Waals surface area contributed by atoms with Crippen LogP contribution in [-0.4, -0.2) is 59.1 Å². The molecule has 0 aromatic heterocycles. The second kappa shape index (κ2) is 4.94. The SMILES string of the molecule is CC(C)N1CC(C)N(C)C(CC(=O)O)C1. The molecule has 4 heteroatoms. The van der Waals surface area contributed by atoms with E-state index < -0.39 is 5.97 Å². The molecule has 1 saturated heterocycles. The number of hydrogen-bond donors (Lipinski definition) is 1. The molecule has 0 bridgehead atoms. The molecule has 1 fully saturated rings. The van der Waals surface area contributed by atoms with Gasteiger partial charge in [-0.1, -0.05) is 0 Å². The molecule has 4 nitrogen and oxygen atoms in total. The second-order valence-electron chi connectivity index (χ2n) is 4.81. The van der Waals surface area contributed by atoms with Crippen LogP contribution >= 0.6 is 0 Å². The van der Waals surface area contributed by atoms with Crippen LogP contribution in [0.3, 0.4) is 0 Å². The van der Waals surface area contributed by atoms with Crippen LogP contribution in [0.15, 0.2) is 0 Å². The van der Waals surface area contributed by atoms with E-state index in [9.17, 15) is 4.79 Å². The van der Waals surface area contributed by atoms with E-state index >= 15 is 0 Å². The highest BCUT2D eigenvalue weighted by atomic mass is 16.4. The zero-order valence-corrected chi connectivity index (χ0v) is 10.1. The minimum absolute atomic E-state index is 0.147. The minimum Gasteiger partial charge on any atom is -0.481 e. The number of piperazine rings is 1. The van der Waals surface area contributed by atoms with Crippen LogP contribution in [0.5, 0.6) is 0 Å². The van der Waals surface area contributed by atoms with Crippen LogP contribution in [-0.2, 0) is 4.79 Å². The second-order valence-corrected chi connectivity index (χ2v) is 4.81. The van der Waals surface area contributed by atoms with Crippen LogP contribution in [0.25, 0.3) is 0 Å². The smallest absolute Gasteiger partial charge is 0.304 e. The number of carbonyl (C=O) groups is 1. The van der Waals surface area contributed by atoms with E-state index in [0.29, 0.717) is 12.1 Å². The van der Waals surface area contributed by atoms with Gasteiger partial charge < -0.3 is 5.11 Å². The Bertz CT molecular complexity index is 231. The fourth-order valence-corrected chi connectivity index (χ4v) is 2.13. The molecule has 0 aliphatic carbocycles. The Labute approximate surface area is 91.9 Å². The number of likely N-dealkylation sites (N-methyl/N-ethyl adjacent to an activating group) is 1. The number of rotatable bonds is 3. The molecule has 2 unspecified atom stereocenters. The van der Waals surface area contributed by atoms with E-state index in [-0.39, 0.29) is 12.5 Å². The maximum atomic E-state index is 10.8. The summed E-state index contributed by atoms with van der Waals surface area (Å²) in [6.45, 7) is 8.38. The molecular weight excluding hydrogens is 192 g/mol. The van der Waals surface area contributed by atoms with Gasteiger partial charge in [0.25, 0.3) is 0 Å². The third-order valence-corrected chi connectivity index (χ3v) is 3.36. The van der Waals surface area contributed by atoms with Gasteiger partial charge in [0.1, 0.15) is 0 Å². The minimum atomic E-state index is -0.704. The van der Waals surface area contributed by atoms with Crippen molar-refractivity contribution in [2.75, 3.05) is 20.1 Å². The Morgan fingerprint density at radius 3 is 2.53 bits per heavy atom. The molecule has 0 amide bonds. The molecule has 0 aromatic carbocycles. The largest absolute Gasteiger partial charge is 0.481 e. The Morgan fingerprint density at radius 2 is 2.07 bits per heavy atom. The molecule has 0 aromatic rings. The van der Waals surface area contributed by atoms with Gasteiger partial charge in [0.05, 0.1) is 6.42 Å². The summed E-state index contributed by atoms with van der Waals surface area (Å²) in [5.41, 5.74) is 0. The van der Waals surface area contributed by atoms with Gasteiger partial charge in [0, 0.05) is 31.2 Å². The van der Waals surface area contributed by atoms with Crippen molar-refractivity contribution in [1.29, 1.82) is 0 Å². The summed E-state index contributed by atoms with van der Waals surface area (Å²) in [5, 5.41) is 8.85. The van der Waals surface area contributed by atoms with Crippen molar-refractivity contribution in [1.82, 2.24) is 9.80 Å². The maximum Gasteiger partial charge on any atom is 0.304 e. The quantitative estimate of drug-likeness (QED) is 0.757. The Kier molecular flexibility index (Phi) is 4.11. The summed E-state index contributed by atoms with van der Waals surface area (Å²) in [6, 6.07) is 1.08. The zero-order chi connectivity index (χ0) is 11.6. The first-order valence-electron chi connectivity index (χ1n) is 5.59. The van der Waals surface area contributed by atoms with Gasteiger partial charge in [-0.2, -0.15) is 0 Å². The van der Waals surface area contributed by atoms with E-state index in [4.69, 9.17) is 5.11 Å². The molecule has 1 heterocycles. The van der Waals surface area contributed by atoms with Crippen molar-refractivity contribution in [3.8, 4) is 0 Å². The summed E-state index contributed by atoms with van der Waals surface area (Å²) < 4.78 is 0. The van der Waals surface area contributed by atoms with Crippen LogP contribution in [0.2, 0.25) is 0 Å². The molecule has 0 saturated carbocycles. The molecule has 0 radical (unpaired) electrons. The topological polar surface area (TPSA) is 43.8 Å². The fourth-order valence-electron chi connectivity index (χ4n) is 2.13. The van der Waals surface area contributed by atoms with Gasteiger partial charge in [-0.05, 0) is 27.8 Å². The van der Waals surface area contributed by atoms with Gasteiger partial charge in [-0.15, -0.1) is 0 Å². The lowest BCUT2D eigenvalue weighted by Crippen LogP contribution is -2.58. The predicted octanol–water partition coefficient (Wildman–Crippen LogP) is 0.874. The lowest BCUT2D eigenvalue weighted by molar-refractivity contribution is -0.139. The van der Waals surface area contributed by atoms with Crippen LogP contribution < -0.4 is 0 Å². The molecule has 0 spiro atoms. The number of carboxylic acid groups (broad SMARTS) is 1. The van der Waals surface area contributed by atoms with E-state index in [0.717, 1.165) is 13.1 Å². The summed E-state index contributed by atoms with van der Waals surface area (Å²) >= 11 is 0. The number of hydrogen-bond acceptors (Lipinski definition) is 3. The lowest BCUT2D eigenvalue weighted by atomic mass is 10.0. The first-order chi connectivity index (χ1) is 6.91. The highest BCUT2D eigenvalue weighted by Gasteiger charge is 2.31. The lowest BCUT2D eigenvalue weighted by Gasteiger charge is -2.45. The first kappa shape index (κ1) is 12.5. The highest BCUT2D eigenvalue weighted by molar-refractivity contribution is 5.67. The highest BCUT2D eigenvalue weighted by Crippen LogP contribution is 2.18. The summed E-state index contributed by atoms with van der Waals surface area (Å²) in [4.78, 5) is 15.3. The van der Waals surface area contributed by atoms with Crippen molar-refractivity contribution in [3.63, 3.8) is 0 Å². The average Bonchev–Trinajstić information content (AvgIpc) is 2.11. The molecule has 15 heavy (non-hydrogen) atoms. The van der Waals surface area contributed by atoms with Gasteiger partial charge in [-0.3, -0.25) is 14.6 Å². The van der Waals surface area contributed by atoms with Crippen molar-refractivity contribution in [2.45, 2.75) is 45.3 Å². The number of carboxylic acids is 1. The molecule has 2 atom stereocenters. The van der Waals surface area contributed by atoms with Crippen molar-refractivity contribution < 1.29 is 9.90 Å². The molecule has 88 valence electrons. The molecule has 1 rings (SSSR count). The van der Waals surface area contributed by atoms with Crippen molar-refractivity contribution in [3.05, 3.63) is 0 Å². The van der Waals surface area contributed by atoms with E-state index in [1.54, 1.807) is 0 Å². The first-order valence-corrected chi connectivity index (χ1v) is 5.59. The summed E-state index contributed by atoms with van der Waals surface area (Å²) in [5.74, 6) is -0.704. The van der Waals surface area contributed by atoms with Crippen LogP contribution in [0.4, 0.5) is 0 Å². The normalized spacial score (nSPS) is 29.7. The predicted molar refractivity (Wildman–Crippen MR) is 60.0 cm³/mol. The standard InChI is InChI=1S/C11H22N2O2/c1-8(2)13-6-9(3)12(4)10(7-13)5-11(14)15/h8-10H,5-7H2,1-4H3,(H,14,15). The van der Waals surface area contributed by atoms with Crippen LogP contribution in [0.1, 0.15) is 27.2 Å². The van der Waals surface area contributed by atoms with Gasteiger partial charge >= 0.3 is 5.97 Å².